The Morgan fingerprint density at radius 1 is 1.18 bits per heavy atom. The molecule has 3 rings (SSSR count). The van der Waals surface area contributed by atoms with Crippen molar-refractivity contribution in [1.82, 2.24) is 14.2 Å². The van der Waals surface area contributed by atoms with Gasteiger partial charge in [0.15, 0.2) is 0 Å². The minimum absolute atomic E-state index is 0.00740. The molecule has 0 spiro atoms. The van der Waals surface area contributed by atoms with Gasteiger partial charge in [-0.1, -0.05) is 12.1 Å². The lowest BCUT2D eigenvalue weighted by Gasteiger charge is -2.31. The van der Waals surface area contributed by atoms with Crippen molar-refractivity contribution in [3.05, 3.63) is 48.2 Å². The van der Waals surface area contributed by atoms with Gasteiger partial charge >= 0.3 is 0 Å². The molecule has 7 nitrogen and oxygen atoms in total. The van der Waals surface area contributed by atoms with Gasteiger partial charge in [-0.25, -0.2) is 13.4 Å². The van der Waals surface area contributed by atoms with Crippen LogP contribution in [0.2, 0.25) is 0 Å². The molecule has 0 bridgehead atoms. The maximum Gasteiger partial charge on any atom is 0.244 e. The summed E-state index contributed by atoms with van der Waals surface area (Å²) in [6.45, 7) is 7.10. The number of rotatable bonds is 7. The monoisotopic (exact) mass is 404 g/mol. The van der Waals surface area contributed by atoms with Crippen LogP contribution in [0.4, 0.5) is 5.82 Å². The summed E-state index contributed by atoms with van der Waals surface area (Å²) in [4.78, 5) is 6.67. The lowest BCUT2D eigenvalue weighted by atomic mass is 10.1. The lowest BCUT2D eigenvalue weighted by Crippen LogP contribution is -2.47. The third-order valence-electron chi connectivity index (χ3n) is 4.87. The van der Waals surface area contributed by atoms with Crippen molar-refractivity contribution in [1.29, 1.82) is 0 Å². The maximum absolute atomic E-state index is 12.8. The topological polar surface area (TPSA) is 74.8 Å². The number of hydrogen-bond donors (Lipinski definition) is 1. The van der Waals surface area contributed by atoms with Gasteiger partial charge in [0, 0.05) is 32.4 Å². The number of piperazine rings is 1. The van der Waals surface area contributed by atoms with Gasteiger partial charge in [0.2, 0.25) is 10.0 Å². The van der Waals surface area contributed by atoms with Gasteiger partial charge in [0.25, 0.3) is 0 Å². The number of aromatic nitrogens is 1. The molecule has 2 heterocycles. The Balaban J connectivity index is 1.68. The van der Waals surface area contributed by atoms with Crippen molar-refractivity contribution in [2.24, 2.45) is 0 Å². The zero-order valence-electron chi connectivity index (χ0n) is 16.6. The average Bonchev–Trinajstić information content (AvgIpc) is 2.69. The van der Waals surface area contributed by atoms with Crippen LogP contribution in [-0.2, 0) is 10.0 Å². The third-order valence-corrected chi connectivity index (χ3v) is 6.75. The highest BCUT2D eigenvalue weighted by Gasteiger charge is 2.27. The fraction of sp³-hybridized carbons (Fsp3) is 0.450. The van der Waals surface area contributed by atoms with Crippen molar-refractivity contribution in [3.8, 4) is 5.75 Å². The molecule has 1 aromatic carbocycles. The van der Waals surface area contributed by atoms with Crippen LogP contribution >= 0.6 is 0 Å². The predicted molar refractivity (Wildman–Crippen MR) is 110 cm³/mol. The molecule has 152 valence electrons. The van der Waals surface area contributed by atoms with Crippen LogP contribution < -0.4 is 10.1 Å². The van der Waals surface area contributed by atoms with E-state index < -0.39 is 10.0 Å². The Bertz CT molecular complexity index is 879. The van der Waals surface area contributed by atoms with Crippen molar-refractivity contribution < 1.29 is 13.2 Å². The molecule has 0 radical (unpaired) electrons. The minimum Gasteiger partial charge on any atom is -0.494 e. The SMILES string of the molecule is CCOc1cccc(C(C)Nc2ccc(S(=O)(=O)N3CCN(C)CC3)cn2)c1. The molecule has 1 N–H and O–H groups in total. The molecule has 1 aliphatic heterocycles. The first-order valence-electron chi connectivity index (χ1n) is 9.54. The first-order chi connectivity index (χ1) is 13.4. The Kier molecular flexibility index (Phi) is 6.53. The summed E-state index contributed by atoms with van der Waals surface area (Å²) in [6.07, 6.45) is 1.43. The van der Waals surface area contributed by atoms with E-state index in [1.165, 1.54) is 10.5 Å². The number of likely N-dealkylation sites (N-methyl/N-ethyl adjacent to an activating group) is 1. The normalized spacial score (nSPS) is 17.2. The standard InChI is InChI=1S/C20H28N4O3S/c1-4-27-18-7-5-6-17(14-18)16(2)22-20-9-8-19(15-21-20)28(25,26)24-12-10-23(3)11-13-24/h5-9,14-16H,4,10-13H2,1-3H3,(H,21,22). The molecule has 2 aromatic rings. The van der Waals surface area contributed by atoms with Crippen LogP contribution in [0.3, 0.4) is 0 Å². The molecule has 28 heavy (non-hydrogen) atoms. The van der Waals surface area contributed by atoms with Gasteiger partial charge in [-0.15, -0.1) is 0 Å². The molecule has 0 amide bonds. The van der Waals surface area contributed by atoms with Gasteiger partial charge < -0.3 is 15.0 Å². The highest BCUT2D eigenvalue weighted by atomic mass is 32.2. The zero-order chi connectivity index (χ0) is 20.1. The van der Waals surface area contributed by atoms with Gasteiger partial charge in [-0.05, 0) is 50.7 Å². The summed E-state index contributed by atoms with van der Waals surface area (Å²) in [6, 6.07) is 11.2. The fourth-order valence-electron chi connectivity index (χ4n) is 3.14. The largest absolute Gasteiger partial charge is 0.494 e. The Morgan fingerprint density at radius 2 is 1.93 bits per heavy atom. The summed E-state index contributed by atoms with van der Waals surface area (Å²) >= 11 is 0. The fourth-order valence-corrected chi connectivity index (χ4v) is 4.51. The van der Waals surface area contributed by atoms with E-state index in [1.807, 2.05) is 45.2 Å². The number of hydrogen-bond acceptors (Lipinski definition) is 6. The lowest BCUT2D eigenvalue weighted by molar-refractivity contribution is 0.222. The van der Waals surface area contributed by atoms with Crippen molar-refractivity contribution in [2.75, 3.05) is 45.2 Å². The molecule has 1 atom stereocenters. The minimum atomic E-state index is -3.49. The first kappa shape index (κ1) is 20.6. The number of ether oxygens (including phenoxy) is 1. The van der Waals surface area contributed by atoms with E-state index in [-0.39, 0.29) is 10.9 Å². The number of benzene rings is 1. The predicted octanol–water partition coefficient (Wildman–Crippen LogP) is 2.59. The van der Waals surface area contributed by atoms with E-state index in [2.05, 4.69) is 15.2 Å². The Morgan fingerprint density at radius 3 is 2.57 bits per heavy atom. The van der Waals surface area contributed by atoms with E-state index in [1.54, 1.807) is 12.1 Å². The van der Waals surface area contributed by atoms with Crippen LogP contribution in [0.1, 0.15) is 25.5 Å². The quantitative estimate of drug-likeness (QED) is 0.765. The van der Waals surface area contributed by atoms with Gasteiger partial charge in [-0.2, -0.15) is 4.31 Å². The molecule has 0 saturated carbocycles. The maximum atomic E-state index is 12.8. The number of pyridine rings is 1. The number of nitrogens with zero attached hydrogens (tertiary/aromatic N) is 3. The highest BCUT2D eigenvalue weighted by Crippen LogP contribution is 2.23. The number of sulfonamides is 1. The molecule has 1 saturated heterocycles. The average molecular weight is 405 g/mol. The van der Waals surface area contributed by atoms with Gasteiger partial charge in [0.05, 0.1) is 12.6 Å². The Labute approximate surface area is 167 Å². The molecular formula is C20H28N4O3S. The molecule has 1 fully saturated rings. The van der Waals surface area contributed by atoms with E-state index >= 15 is 0 Å². The summed E-state index contributed by atoms with van der Waals surface area (Å²) < 4.78 is 32.6. The van der Waals surface area contributed by atoms with Crippen molar-refractivity contribution >= 4 is 15.8 Å². The molecule has 8 heteroatoms. The van der Waals surface area contributed by atoms with Crippen LogP contribution in [0.5, 0.6) is 5.75 Å². The van der Waals surface area contributed by atoms with E-state index in [0.29, 0.717) is 25.5 Å². The second kappa shape index (κ2) is 8.89. The zero-order valence-corrected chi connectivity index (χ0v) is 17.4. The van der Waals surface area contributed by atoms with E-state index in [0.717, 1.165) is 24.4 Å². The molecule has 1 aromatic heterocycles. The highest BCUT2D eigenvalue weighted by molar-refractivity contribution is 7.89. The van der Waals surface area contributed by atoms with E-state index in [4.69, 9.17) is 4.74 Å². The number of nitrogens with one attached hydrogen (secondary N) is 1. The molecule has 1 unspecified atom stereocenters. The molecular weight excluding hydrogens is 376 g/mol. The Hall–Kier alpha value is -2.16. The van der Waals surface area contributed by atoms with Crippen molar-refractivity contribution in [2.45, 2.75) is 24.8 Å². The molecule has 1 aliphatic rings. The van der Waals surface area contributed by atoms with Crippen LogP contribution in [0.15, 0.2) is 47.5 Å². The van der Waals surface area contributed by atoms with Gasteiger partial charge in [0.1, 0.15) is 16.5 Å². The summed E-state index contributed by atoms with van der Waals surface area (Å²) in [7, 11) is -1.50. The van der Waals surface area contributed by atoms with Crippen molar-refractivity contribution in [3.63, 3.8) is 0 Å². The number of anilines is 1. The third kappa shape index (κ3) is 4.81. The second-order valence-electron chi connectivity index (χ2n) is 6.96. The van der Waals surface area contributed by atoms with Crippen LogP contribution in [0.25, 0.3) is 0 Å². The molecule has 0 aliphatic carbocycles. The second-order valence-corrected chi connectivity index (χ2v) is 8.90. The first-order valence-corrected chi connectivity index (χ1v) is 11.0. The smallest absolute Gasteiger partial charge is 0.244 e. The van der Waals surface area contributed by atoms with Crippen LogP contribution in [-0.4, -0.2) is 62.4 Å². The summed E-state index contributed by atoms with van der Waals surface area (Å²) in [5.41, 5.74) is 1.07. The summed E-state index contributed by atoms with van der Waals surface area (Å²) in [5.74, 6) is 1.46. The summed E-state index contributed by atoms with van der Waals surface area (Å²) in [5, 5.41) is 3.31. The van der Waals surface area contributed by atoms with Gasteiger partial charge in [-0.3, -0.25) is 0 Å². The van der Waals surface area contributed by atoms with E-state index in [9.17, 15) is 8.42 Å². The van der Waals surface area contributed by atoms with Crippen LogP contribution in [0, 0.1) is 0 Å².